The van der Waals surface area contributed by atoms with Gasteiger partial charge in [0.1, 0.15) is 0 Å². The summed E-state index contributed by atoms with van der Waals surface area (Å²) in [6, 6.07) is 8.40. The standard InChI is InChI=1S/C26H32N2O2S2/c1-16-8-7-9-17(2)24(16)23-15-31-26(27-23)28-12-10-22(11-13-28)32(29,30)25-20(5)18(3)14-19(4)21(25)6/h7-9,14-15,22H,10-13H2,1-6H3. The molecule has 2 heterocycles. The van der Waals surface area contributed by atoms with Crippen LogP contribution in [0.25, 0.3) is 11.3 Å². The van der Waals surface area contributed by atoms with E-state index in [1.54, 1.807) is 11.3 Å². The van der Waals surface area contributed by atoms with Gasteiger partial charge in [0.2, 0.25) is 0 Å². The van der Waals surface area contributed by atoms with Crippen LogP contribution in [-0.2, 0) is 9.84 Å². The Morgan fingerprint density at radius 2 is 1.47 bits per heavy atom. The van der Waals surface area contributed by atoms with Gasteiger partial charge in [0.05, 0.1) is 15.8 Å². The van der Waals surface area contributed by atoms with Crippen LogP contribution in [0.4, 0.5) is 5.13 Å². The van der Waals surface area contributed by atoms with Crippen molar-refractivity contribution in [1.29, 1.82) is 0 Å². The molecule has 32 heavy (non-hydrogen) atoms. The Bertz CT molecular complexity index is 1220. The van der Waals surface area contributed by atoms with Crippen molar-refractivity contribution in [2.24, 2.45) is 0 Å². The maximum atomic E-state index is 13.6. The predicted molar refractivity (Wildman–Crippen MR) is 135 cm³/mol. The van der Waals surface area contributed by atoms with Crippen LogP contribution in [0, 0.1) is 41.5 Å². The lowest BCUT2D eigenvalue weighted by Gasteiger charge is -2.32. The van der Waals surface area contributed by atoms with Crippen LogP contribution < -0.4 is 4.90 Å². The van der Waals surface area contributed by atoms with Gasteiger partial charge in [0.25, 0.3) is 0 Å². The highest BCUT2D eigenvalue weighted by Crippen LogP contribution is 2.36. The van der Waals surface area contributed by atoms with Crippen molar-refractivity contribution >= 4 is 26.3 Å². The van der Waals surface area contributed by atoms with E-state index in [-0.39, 0.29) is 5.25 Å². The molecule has 0 atom stereocenters. The van der Waals surface area contributed by atoms with Crippen LogP contribution in [0.1, 0.15) is 46.2 Å². The molecule has 0 N–H and O–H groups in total. The Morgan fingerprint density at radius 1 is 0.906 bits per heavy atom. The minimum Gasteiger partial charge on any atom is -0.348 e. The molecule has 0 radical (unpaired) electrons. The molecule has 0 saturated carbocycles. The first-order valence-corrected chi connectivity index (χ1v) is 13.6. The second kappa shape index (κ2) is 8.64. The number of sulfone groups is 1. The van der Waals surface area contributed by atoms with Crippen molar-refractivity contribution < 1.29 is 8.42 Å². The minimum atomic E-state index is -3.37. The zero-order chi connectivity index (χ0) is 23.2. The number of rotatable bonds is 4. The largest absolute Gasteiger partial charge is 0.348 e. The third-order valence-corrected chi connectivity index (χ3v) is 10.4. The van der Waals surface area contributed by atoms with Crippen LogP contribution in [0.15, 0.2) is 34.5 Å². The molecule has 2 aromatic carbocycles. The zero-order valence-corrected chi connectivity index (χ0v) is 21.5. The molecule has 1 saturated heterocycles. The SMILES string of the molecule is Cc1cc(C)c(C)c(S(=O)(=O)C2CCN(c3nc(-c4c(C)cccc4C)cs3)CC2)c1C. The molecule has 1 aliphatic heterocycles. The number of hydrogen-bond donors (Lipinski definition) is 0. The summed E-state index contributed by atoms with van der Waals surface area (Å²) in [7, 11) is -3.37. The Morgan fingerprint density at radius 3 is 2.03 bits per heavy atom. The lowest BCUT2D eigenvalue weighted by Crippen LogP contribution is -2.39. The van der Waals surface area contributed by atoms with Crippen LogP contribution >= 0.6 is 11.3 Å². The Hall–Kier alpha value is -2.18. The van der Waals surface area contributed by atoms with Crippen LogP contribution in [0.5, 0.6) is 0 Å². The monoisotopic (exact) mass is 468 g/mol. The molecule has 170 valence electrons. The van der Waals surface area contributed by atoms with Gasteiger partial charge in [0, 0.05) is 24.0 Å². The number of nitrogens with zero attached hydrogens (tertiary/aromatic N) is 2. The highest BCUT2D eigenvalue weighted by atomic mass is 32.2. The normalized spacial score (nSPS) is 15.4. The molecule has 1 fully saturated rings. The third-order valence-electron chi connectivity index (χ3n) is 6.96. The fourth-order valence-electron chi connectivity index (χ4n) is 4.87. The number of hydrogen-bond acceptors (Lipinski definition) is 5. The van der Waals surface area contributed by atoms with Crippen LogP contribution in [0.2, 0.25) is 0 Å². The molecule has 0 spiro atoms. The van der Waals surface area contributed by atoms with Crippen molar-refractivity contribution in [3.05, 3.63) is 63.0 Å². The molecule has 6 heteroatoms. The lowest BCUT2D eigenvalue weighted by molar-refractivity contribution is 0.528. The first-order valence-electron chi connectivity index (χ1n) is 11.2. The van der Waals surface area contributed by atoms with Crippen molar-refractivity contribution in [3.63, 3.8) is 0 Å². The van der Waals surface area contributed by atoms with Gasteiger partial charge < -0.3 is 4.90 Å². The minimum absolute atomic E-state index is 0.338. The van der Waals surface area contributed by atoms with E-state index < -0.39 is 9.84 Å². The van der Waals surface area contributed by atoms with Crippen molar-refractivity contribution in [3.8, 4) is 11.3 Å². The van der Waals surface area contributed by atoms with Crippen molar-refractivity contribution in [2.75, 3.05) is 18.0 Å². The molecule has 1 aliphatic rings. The van der Waals surface area contributed by atoms with Crippen LogP contribution in [0.3, 0.4) is 0 Å². The molecule has 0 bridgehead atoms. The van der Waals surface area contributed by atoms with Gasteiger partial charge in [-0.05, 0) is 87.8 Å². The van der Waals surface area contributed by atoms with Gasteiger partial charge in [-0.2, -0.15) is 0 Å². The highest BCUT2D eigenvalue weighted by Gasteiger charge is 2.34. The van der Waals surface area contributed by atoms with E-state index in [0.717, 1.165) is 33.1 Å². The number of aryl methyl sites for hydroxylation is 4. The third kappa shape index (κ3) is 3.99. The maximum Gasteiger partial charge on any atom is 0.185 e. The summed E-state index contributed by atoms with van der Waals surface area (Å²) in [6.07, 6.45) is 1.26. The molecule has 0 aliphatic carbocycles. The second-order valence-electron chi connectivity index (χ2n) is 9.10. The van der Waals surface area contributed by atoms with E-state index >= 15 is 0 Å². The maximum absolute atomic E-state index is 13.6. The average molecular weight is 469 g/mol. The summed E-state index contributed by atoms with van der Waals surface area (Å²) < 4.78 is 27.2. The number of piperidine rings is 1. The summed E-state index contributed by atoms with van der Waals surface area (Å²) in [6.45, 7) is 13.5. The highest BCUT2D eigenvalue weighted by molar-refractivity contribution is 7.92. The number of benzene rings is 2. The molecule has 4 rings (SSSR count). The van der Waals surface area contributed by atoms with Gasteiger partial charge >= 0.3 is 0 Å². The van der Waals surface area contributed by atoms with E-state index in [0.29, 0.717) is 30.8 Å². The fourth-order valence-corrected chi connectivity index (χ4v) is 8.08. The van der Waals surface area contributed by atoms with E-state index in [9.17, 15) is 8.42 Å². The summed E-state index contributed by atoms with van der Waals surface area (Å²) in [5.41, 5.74) is 8.56. The number of thiazole rings is 1. The van der Waals surface area contributed by atoms with E-state index in [1.165, 1.54) is 16.7 Å². The molecular weight excluding hydrogens is 436 g/mol. The zero-order valence-electron chi connectivity index (χ0n) is 19.8. The Kier molecular flexibility index (Phi) is 6.21. The quantitative estimate of drug-likeness (QED) is 0.464. The fraction of sp³-hybridized carbons (Fsp3) is 0.423. The summed E-state index contributed by atoms with van der Waals surface area (Å²) in [5.74, 6) is 0. The van der Waals surface area contributed by atoms with Crippen LogP contribution in [-0.4, -0.2) is 31.7 Å². The predicted octanol–water partition coefficient (Wildman–Crippen LogP) is 6.10. The van der Waals surface area contributed by atoms with E-state index in [4.69, 9.17) is 4.98 Å². The number of aromatic nitrogens is 1. The van der Waals surface area contributed by atoms with E-state index in [2.05, 4.69) is 48.4 Å². The molecule has 0 unspecified atom stereocenters. The average Bonchev–Trinajstić information content (AvgIpc) is 3.22. The first-order chi connectivity index (χ1) is 15.1. The molecule has 1 aromatic heterocycles. The number of anilines is 1. The van der Waals surface area contributed by atoms with E-state index in [1.807, 2.05) is 27.7 Å². The topological polar surface area (TPSA) is 50.3 Å². The van der Waals surface area contributed by atoms with Gasteiger partial charge in [0.15, 0.2) is 15.0 Å². The molecular formula is C26H32N2O2S2. The first kappa shape index (κ1) is 23.0. The van der Waals surface area contributed by atoms with Gasteiger partial charge in [-0.1, -0.05) is 24.3 Å². The Balaban J connectivity index is 1.54. The Labute approximate surface area is 196 Å². The summed E-state index contributed by atoms with van der Waals surface area (Å²) in [4.78, 5) is 7.72. The second-order valence-corrected chi connectivity index (χ2v) is 12.1. The summed E-state index contributed by atoms with van der Waals surface area (Å²) >= 11 is 1.65. The lowest BCUT2D eigenvalue weighted by atomic mass is 10.0. The molecule has 3 aromatic rings. The van der Waals surface area contributed by atoms with Gasteiger partial charge in [-0.3, -0.25) is 0 Å². The van der Waals surface area contributed by atoms with Gasteiger partial charge in [-0.15, -0.1) is 11.3 Å². The summed E-state index contributed by atoms with van der Waals surface area (Å²) in [5, 5.41) is 2.77. The smallest absolute Gasteiger partial charge is 0.185 e. The van der Waals surface area contributed by atoms with Gasteiger partial charge in [-0.25, -0.2) is 13.4 Å². The molecule has 0 amide bonds. The van der Waals surface area contributed by atoms with Crippen molar-refractivity contribution in [1.82, 2.24) is 4.98 Å². The van der Waals surface area contributed by atoms with Crippen molar-refractivity contribution in [2.45, 2.75) is 64.5 Å². The molecule has 4 nitrogen and oxygen atoms in total.